The summed E-state index contributed by atoms with van der Waals surface area (Å²) in [5.74, 6) is 0.0172. The number of carbonyl (C=O) groups excluding carboxylic acids is 1. The Bertz CT molecular complexity index is 787. The Kier molecular flexibility index (Phi) is 3.74. The molecule has 2 heterocycles. The zero-order chi connectivity index (χ0) is 15.4. The average molecular weight is 291 g/mol. The van der Waals surface area contributed by atoms with Crippen molar-refractivity contribution in [2.45, 2.75) is 0 Å². The molecule has 3 aromatic rings. The van der Waals surface area contributed by atoms with Gasteiger partial charge in [-0.05, 0) is 42.5 Å². The number of amides is 1. The molecule has 0 atom stereocenters. The fourth-order valence-electron chi connectivity index (χ4n) is 1.95. The van der Waals surface area contributed by atoms with Crippen LogP contribution in [-0.2, 0) is 0 Å². The van der Waals surface area contributed by atoms with Crippen molar-refractivity contribution < 1.29 is 4.79 Å². The third-order valence-corrected chi connectivity index (χ3v) is 3.06. The zero-order valence-electron chi connectivity index (χ0n) is 11.6. The van der Waals surface area contributed by atoms with Crippen LogP contribution in [0.15, 0.2) is 61.1 Å². The highest BCUT2D eigenvalue weighted by molar-refractivity contribution is 5.93. The molecular formula is C16H13N5O. The van der Waals surface area contributed by atoms with Gasteiger partial charge in [0.2, 0.25) is 11.9 Å². The maximum absolute atomic E-state index is 11.0. The van der Waals surface area contributed by atoms with E-state index in [2.05, 4.69) is 20.3 Å². The SMILES string of the molecule is NC(=O)c1ccc(Nc2nccc(-c3ccncc3)n2)cc1. The number of hydrogen-bond acceptors (Lipinski definition) is 5. The van der Waals surface area contributed by atoms with E-state index in [-0.39, 0.29) is 0 Å². The van der Waals surface area contributed by atoms with Gasteiger partial charge in [-0.15, -0.1) is 0 Å². The Morgan fingerprint density at radius 2 is 1.68 bits per heavy atom. The van der Waals surface area contributed by atoms with Crippen molar-refractivity contribution in [2.24, 2.45) is 5.73 Å². The summed E-state index contributed by atoms with van der Waals surface area (Å²) in [5.41, 5.74) is 8.20. The van der Waals surface area contributed by atoms with Gasteiger partial charge in [-0.3, -0.25) is 9.78 Å². The van der Waals surface area contributed by atoms with Gasteiger partial charge in [0.05, 0.1) is 5.69 Å². The number of rotatable bonds is 4. The minimum Gasteiger partial charge on any atom is -0.366 e. The largest absolute Gasteiger partial charge is 0.366 e. The number of nitrogens with one attached hydrogen (secondary N) is 1. The van der Waals surface area contributed by atoms with Gasteiger partial charge >= 0.3 is 0 Å². The Balaban J connectivity index is 1.82. The summed E-state index contributed by atoms with van der Waals surface area (Å²) in [4.78, 5) is 23.7. The predicted octanol–water partition coefficient (Wildman–Crippen LogP) is 2.38. The molecule has 0 aliphatic carbocycles. The van der Waals surface area contributed by atoms with E-state index < -0.39 is 5.91 Å². The van der Waals surface area contributed by atoms with Crippen LogP contribution in [0.25, 0.3) is 11.3 Å². The van der Waals surface area contributed by atoms with Gasteiger partial charge in [-0.25, -0.2) is 9.97 Å². The second-order valence-electron chi connectivity index (χ2n) is 4.57. The van der Waals surface area contributed by atoms with Crippen LogP contribution in [-0.4, -0.2) is 20.9 Å². The summed E-state index contributed by atoms with van der Waals surface area (Å²) >= 11 is 0. The van der Waals surface area contributed by atoms with Crippen LogP contribution >= 0.6 is 0 Å². The van der Waals surface area contributed by atoms with E-state index in [0.717, 1.165) is 16.9 Å². The molecule has 0 bridgehead atoms. The van der Waals surface area contributed by atoms with Gasteiger partial charge in [0.25, 0.3) is 0 Å². The number of carbonyl (C=O) groups is 1. The van der Waals surface area contributed by atoms with Gasteiger partial charge < -0.3 is 11.1 Å². The van der Waals surface area contributed by atoms with Crippen molar-refractivity contribution >= 4 is 17.5 Å². The lowest BCUT2D eigenvalue weighted by Crippen LogP contribution is -2.10. The molecule has 1 aromatic carbocycles. The van der Waals surface area contributed by atoms with Crippen LogP contribution in [0.2, 0.25) is 0 Å². The fourth-order valence-corrected chi connectivity index (χ4v) is 1.95. The first kappa shape index (κ1) is 13.7. The van der Waals surface area contributed by atoms with Crippen molar-refractivity contribution in [1.29, 1.82) is 0 Å². The monoisotopic (exact) mass is 291 g/mol. The number of nitrogens with two attached hydrogens (primary N) is 1. The van der Waals surface area contributed by atoms with Crippen LogP contribution in [0.3, 0.4) is 0 Å². The Hall–Kier alpha value is -3.28. The quantitative estimate of drug-likeness (QED) is 0.769. The Morgan fingerprint density at radius 3 is 2.36 bits per heavy atom. The molecule has 22 heavy (non-hydrogen) atoms. The lowest BCUT2D eigenvalue weighted by atomic mass is 10.2. The van der Waals surface area contributed by atoms with Crippen molar-refractivity contribution in [3.63, 3.8) is 0 Å². The maximum atomic E-state index is 11.0. The lowest BCUT2D eigenvalue weighted by Gasteiger charge is -2.07. The van der Waals surface area contributed by atoms with Crippen molar-refractivity contribution in [2.75, 3.05) is 5.32 Å². The fraction of sp³-hybridized carbons (Fsp3) is 0. The highest BCUT2D eigenvalue weighted by Gasteiger charge is 2.04. The molecule has 3 rings (SSSR count). The molecule has 0 fully saturated rings. The molecule has 0 spiro atoms. The number of nitrogens with zero attached hydrogens (tertiary/aromatic N) is 3. The second kappa shape index (κ2) is 6.01. The first-order chi connectivity index (χ1) is 10.7. The number of aromatic nitrogens is 3. The highest BCUT2D eigenvalue weighted by Crippen LogP contribution is 2.18. The maximum Gasteiger partial charge on any atom is 0.248 e. The minimum absolute atomic E-state index is 0.456. The molecule has 0 aliphatic heterocycles. The Morgan fingerprint density at radius 1 is 0.955 bits per heavy atom. The van der Waals surface area contributed by atoms with E-state index in [1.165, 1.54) is 0 Å². The molecule has 0 unspecified atom stereocenters. The van der Waals surface area contributed by atoms with E-state index in [9.17, 15) is 4.79 Å². The molecule has 6 nitrogen and oxygen atoms in total. The Labute approximate surface area is 127 Å². The molecule has 0 saturated carbocycles. The molecule has 108 valence electrons. The summed E-state index contributed by atoms with van der Waals surface area (Å²) in [5, 5.41) is 3.09. The second-order valence-corrected chi connectivity index (χ2v) is 4.57. The highest BCUT2D eigenvalue weighted by atomic mass is 16.1. The van der Waals surface area contributed by atoms with Crippen LogP contribution in [0.5, 0.6) is 0 Å². The first-order valence-corrected chi connectivity index (χ1v) is 6.63. The molecular weight excluding hydrogens is 278 g/mol. The molecule has 0 aliphatic rings. The zero-order valence-corrected chi connectivity index (χ0v) is 11.6. The van der Waals surface area contributed by atoms with E-state index in [1.807, 2.05) is 18.2 Å². The topological polar surface area (TPSA) is 93.8 Å². The number of pyridine rings is 1. The van der Waals surface area contributed by atoms with E-state index in [1.54, 1.807) is 42.9 Å². The third-order valence-electron chi connectivity index (χ3n) is 3.06. The van der Waals surface area contributed by atoms with E-state index >= 15 is 0 Å². The minimum atomic E-state index is -0.456. The van der Waals surface area contributed by atoms with E-state index in [4.69, 9.17) is 5.73 Å². The lowest BCUT2D eigenvalue weighted by molar-refractivity contribution is 0.100. The van der Waals surface area contributed by atoms with Crippen molar-refractivity contribution in [1.82, 2.24) is 15.0 Å². The smallest absolute Gasteiger partial charge is 0.248 e. The van der Waals surface area contributed by atoms with Crippen LogP contribution in [0.1, 0.15) is 10.4 Å². The number of benzene rings is 1. The third kappa shape index (κ3) is 3.06. The number of anilines is 2. The molecule has 6 heteroatoms. The van der Waals surface area contributed by atoms with E-state index in [0.29, 0.717) is 11.5 Å². The van der Waals surface area contributed by atoms with Gasteiger partial charge in [-0.1, -0.05) is 0 Å². The number of hydrogen-bond donors (Lipinski definition) is 2. The van der Waals surface area contributed by atoms with Crippen LogP contribution in [0.4, 0.5) is 11.6 Å². The van der Waals surface area contributed by atoms with Gasteiger partial charge in [0.15, 0.2) is 0 Å². The summed E-state index contributed by atoms with van der Waals surface area (Å²) < 4.78 is 0. The summed E-state index contributed by atoms with van der Waals surface area (Å²) in [6.45, 7) is 0. The standard InChI is InChI=1S/C16H13N5O/c17-15(22)12-1-3-13(4-2-12)20-16-19-10-7-14(21-16)11-5-8-18-9-6-11/h1-10H,(H2,17,22)(H,19,20,21). The molecule has 2 aromatic heterocycles. The predicted molar refractivity (Wildman–Crippen MR) is 83.5 cm³/mol. The molecule has 1 amide bonds. The average Bonchev–Trinajstić information content (AvgIpc) is 2.56. The van der Waals surface area contributed by atoms with Gasteiger partial charge in [-0.2, -0.15) is 0 Å². The van der Waals surface area contributed by atoms with Crippen LogP contribution in [0, 0.1) is 0 Å². The summed E-state index contributed by atoms with van der Waals surface area (Å²) in [7, 11) is 0. The normalized spacial score (nSPS) is 10.2. The van der Waals surface area contributed by atoms with Crippen molar-refractivity contribution in [3.05, 3.63) is 66.6 Å². The van der Waals surface area contributed by atoms with Crippen molar-refractivity contribution in [3.8, 4) is 11.3 Å². The van der Waals surface area contributed by atoms with Gasteiger partial charge in [0, 0.05) is 35.4 Å². The molecule has 3 N–H and O–H groups in total. The molecule has 0 radical (unpaired) electrons. The molecule has 0 saturated heterocycles. The van der Waals surface area contributed by atoms with Gasteiger partial charge in [0.1, 0.15) is 0 Å². The van der Waals surface area contributed by atoms with Crippen LogP contribution < -0.4 is 11.1 Å². The summed E-state index contributed by atoms with van der Waals surface area (Å²) in [6, 6.07) is 12.4. The number of primary amides is 1. The summed E-state index contributed by atoms with van der Waals surface area (Å²) in [6.07, 6.45) is 5.11. The first-order valence-electron chi connectivity index (χ1n) is 6.63.